The lowest BCUT2D eigenvalue weighted by Gasteiger charge is -2.14. The van der Waals surface area contributed by atoms with Gasteiger partial charge in [-0.2, -0.15) is 0 Å². The lowest BCUT2D eigenvalue weighted by atomic mass is 10.2. The van der Waals surface area contributed by atoms with Gasteiger partial charge in [-0.05, 0) is 49.7 Å². The zero-order chi connectivity index (χ0) is 18.9. The van der Waals surface area contributed by atoms with Gasteiger partial charge in [0.15, 0.2) is 0 Å². The topological polar surface area (TPSA) is 79.5 Å². The third kappa shape index (κ3) is 6.47. The number of amides is 2. The van der Waals surface area contributed by atoms with E-state index in [-0.39, 0.29) is 24.5 Å². The molecule has 0 fully saturated rings. The summed E-state index contributed by atoms with van der Waals surface area (Å²) in [6.45, 7) is 5.66. The van der Waals surface area contributed by atoms with Crippen LogP contribution in [-0.4, -0.2) is 24.5 Å². The van der Waals surface area contributed by atoms with Gasteiger partial charge in [-0.3, -0.25) is 9.59 Å². The maximum Gasteiger partial charge on any atom is 0.243 e. The summed E-state index contributed by atoms with van der Waals surface area (Å²) in [6, 6.07) is 14.5. The molecule has 0 bridgehead atoms. The van der Waals surface area contributed by atoms with Gasteiger partial charge >= 0.3 is 0 Å². The Bertz CT molecular complexity index is 744. The van der Waals surface area contributed by atoms with Gasteiger partial charge in [0.2, 0.25) is 11.8 Å². The van der Waals surface area contributed by atoms with E-state index in [0.717, 1.165) is 17.9 Å². The van der Waals surface area contributed by atoms with Gasteiger partial charge < -0.3 is 20.7 Å². The lowest BCUT2D eigenvalue weighted by molar-refractivity contribution is -0.115. The van der Waals surface area contributed by atoms with Crippen LogP contribution in [0.3, 0.4) is 0 Å². The van der Waals surface area contributed by atoms with Gasteiger partial charge in [-0.15, -0.1) is 0 Å². The Morgan fingerprint density at radius 2 is 1.69 bits per heavy atom. The Balaban J connectivity index is 1.85. The zero-order valence-corrected chi connectivity index (χ0v) is 15.3. The maximum absolute atomic E-state index is 12.1. The van der Waals surface area contributed by atoms with Gasteiger partial charge in [0.05, 0.1) is 12.6 Å². The molecule has 1 atom stereocenters. The Hall–Kier alpha value is -3.02. The van der Waals surface area contributed by atoms with Gasteiger partial charge in [0.25, 0.3) is 0 Å². The molecule has 0 saturated carbocycles. The molecule has 1 unspecified atom stereocenters. The first-order valence-electron chi connectivity index (χ1n) is 8.64. The first kappa shape index (κ1) is 19.3. The van der Waals surface area contributed by atoms with E-state index in [4.69, 9.17) is 4.74 Å². The Kier molecular flexibility index (Phi) is 7.02. The molecule has 0 aliphatic rings. The molecule has 0 heterocycles. The van der Waals surface area contributed by atoms with E-state index in [1.54, 1.807) is 24.3 Å². The summed E-state index contributed by atoms with van der Waals surface area (Å²) in [5.74, 6) is 0.458. The predicted octanol–water partition coefficient (Wildman–Crippen LogP) is 3.87. The first-order valence-corrected chi connectivity index (χ1v) is 8.64. The highest BCUT2D eigenvalue weighted by Crippen LogP contribution is 2.19. The van der Waals surface area contributed by atoms with Crippen LogP contribution in [0.4, 0.5) is 17.1 Å². The SMILES string of the molecule is CCC(C)Oc1cccc(NC(=O)CNc2ccc(NC(C)=O)cc2)c1. The zero-order valence-electron chi connectivity index (χ0n) is 15.3. The number of anilines is 3. The molecule has 26 heavy (non-hydrogen) atoms. The number of benzene rings is 2. The van der Waals surface area contributed by atoms with Crippen LogP contribution in [-0.2, 0) is 9.59 Å². The highest BCUT2D eigenvalue weighted by Gasteiger charge is 2.06. The Labute approximate surface area is 153 Å². The molecule has 2 aromatic carbocycles. The second-order valence-electron chi connectivity index (χ2n) is 6.02. The van der Waals surface area contributed by atoms with Gasteiger partial charge in [-0.25, -0.2) is 0 Å². The summed E-state index contributed by atoms with van der Waals surface area (Å²) in [6.07, 6.45) is 1.05. The third-order valence-electron chi connectivity index (χ3n) is 3.69. The van der Waals surface area contributed by atoms with Crippen molar-refractivity contribution in [1.82, 2.24) is 0 Å². The summed E-state index contributed by atoms with van der Waals surface area (Å²) in [4.78, 5) is 23.1. The van der Waals surface area contributed by atoms with Crippen LogP contribution in [0.1, 0.15) is 27.2 Å². The van der Waals surface area contributed by atoms with E-state index in [0.29, 0.717) is 11.4 Å². The molecule has 0 spiro atoms. The summed E-state index contributed by atoms with van der Waals surface area (Å²) >= 11 is 0. The summed E-state index contributed by atoms with van der Waals surface area (Å²) in [7, 11) is 0. The fourth-order valence-corrected chi connectivity index (χ4v) is 2.23. The van der Waals surface area contributed by atoms with Gasteiger partial charge in [0, 0.05) is 30.1 Å². The summed E-state index contributed by atoms with van der Waals surface area (Å²) < 4.78 is 5.76. The first-order chi connectivity index (χ1) is 12.5. The van der Waals surface area contributed by atoms with Crippen molar-refractivity contribution in [3.05, 3.63) is 48.5 Å². The van der Waals surface area contributed by atoms with E-state index in [1.807, 2.05) is 31.2 Å². The smallest absolute Gasteiger partial charge is 0.243 e. The van der Waals surface area contributed by atoms with Crippen LogP contribution in [0.25, 0.3) is 0 Å². The van der Waals surface area contributed by atoms with E-state index in [2.05, 4.69) is 22.9 Å². The molecule has 2 aromatic rings. The minimum Gasteiger partial charge on any atom is -0.491 e. The molecule has 6 heteroatoms. The molecule has 0 aromatic heterocycles. The van der Waals surface area contributed by atoms with E-state index >= 15 is 0 Å². The number of rotatable bonds is 8. The van der Waals surface area contributed by atoms with Crippen molar-refractivity contribution < 1.29 is 14.3 Å². The second kappa shape index (κ2) is 9.46. The standard InChI is InChI=1S/C20H25N3O3/c1-4-14(2)26-19-7-5-6-18(12-19)23-20(25)13-21-16-8-10-17(11-9-16)22-15(3)24/h5-12,14,21H,4,13H2,1-3H3,(H,22,24)(H,23,25). The van der Waals surface area contributed by atoms with Crippen molar-refractivity contribution in [3.8, 4) is 5.75 Å². The number of carbonyl (C=O) groups is 2. The van der Waals surface area contributed by atoms with Crippen LogP contribution in [0.5, 0.6) is 5.75 Å². The van der Waals surface area contributed by atoms with Crippen molar-refractivity contribution in [2.24, 2.45) is 0 Å². The number of carbonyl (C=O) groups excluding carboxylic acids is 2. The maximum atomic E-state index is 12.1. The molecule has 0 aliphatic heterocycles. The molecular formula is C20H25N3O3. The van der Waals surface area contributed by atoms with E-state index < -0.39 is 0 Å². The average molecular weight is 355 g/mol. The van der Waals surface area contributed by atoms with Crippen molar-refractivity contribution >= 4 is 28.9 Å². The van der Waals surface area contributed by atoms with Crippen molar-refractivity contribution in [3.63, 3.8) is 0 Å². The van der Waals surface area contributed by atoms with Crippen LogP contribution >= 0.6 is 0 Å². The quantitative estimate of drug-likeness (QED) is 0.671. The lowest BCUT2D eigenvalue weighted by Crippen LogP contribution is -2.21. The fourth-order valence-electron chi connectivity index (χ4n) is 2.23. The van der Waals surface area contributed by atoms with Crippen LogP contribution in [0.15, 0.2) is 48.5 Å². The molecule has 2 rings (SSSR count). The summed E-state index contributed by atoms with van der Waals surface area (Å²) in [5, 5.41) is 8.58. The number of hydrogen-bond donors (Lipinski definition) is 3. The monoisotopic (exact) mass is 355 g/mol. The highest BCUT2D eigenvalue weighted by molar-refractivity contribution is 5.94. The van der Waals surface area contributed by atoms with Crippen molar-refractivity contribution in [2.75, 3.05) is 22.5 Å². The molecule has 3 N–H and O–H groups in total. The molecule has 0 saturated heterocycles. The Morgan fingerprint density at radius 1 is 1.00 bits per heavy atom. The van der Waals surface area contributed by atoms with Gasteiger partial charge in [-0.1, -0.05) is 13.0 Å². The molecule has 138 valence electrons. The number of nitrogens with one attached hydrogen (secondary N) is 3. The van der Waals surface area contributed by atoms with Crippen LogP contribution < -0.4 is 20.7 Å². The Morgan fingerprint density at radius 3 is 2.35 bits per heavy atom. The van der Waals surface area contributed by atoms with Crippen LogP contribution in [0, 0.1) is 0 Å². The van der Waals surface area contributed by atoms with E-state index in [9.17, 15) is 9.59 Å². The fraction of sp³-hybridized carbons (Fsp3) is 0.300. The predicted molar refractivity (Wildman–Crippen MR) is 105 cm³/mol. The molecule has 6 nitrogen and oxygen atoms in total. The average Bonchev–Trinajstić information content (AvgIpc) is 2.61. The van der Waals surface area contributed by atoms with Gasteiger partial charge in [0.1, 0.15) is 5.75 Å². The third-order valence-corrected chi connectivity index (χ3v) is 3.69. The normalized spacial score (nSPS) is 11.3. The number of hydrogen-bond acceptors (Lipinski definition) is 4. The molecular weight excluding hydrogens is 330 g/mol. The minimum atomic E-state index is -0.156. The highest BCUT2D eigenvalue weighted by atomic mass is 16.5. The second-order valence-corrected chi connectivity index (χ2v) is 6.02. The van der Waals surface area contributed by atoms with E-state index in [1.165, 1.54) is 6.92 Å². The molecule has 0 radical (unpaired) electrons. The molecule has 2 amide bonds. The summed E-state index contributed by atoms with van der Waals surface area (Å²) in [5.41, 5.74) is 2.20. The molecule has 0 aliphatic carbocycles. The van der Waals surface area contributed by atoms with Crippen LogP contribution in [0.2, 0.25) is 0 Å². The number of ether oxygens (including phenoxy) is 1. The van der Waals surface area contributed by atoms with Crippen molar-refractivity contribution in [1.29, 1.82) is 0 Å². The minimum absolute atomic E-state index is 0.121. The largest absolute Gasteiger partial charge is 0.491 e. The van der Waals surface area contributed by atoms with Crippen molar-refractivity contribution in [2.45, 2.75) is 33.3 Å².